The van der Waals surface area contributed by atoms with Crippen LogP contribution in [-0.2, 0) is 27.7 Å². The van der Waals surface area contributed by atoms with Gasteiger partial charge in [0.25, 0.3) is 11.5 Å². The van der Waals surface area contributed by atoms with E-state index in [-0.39, 0.29) is 54.2 Å². The number of nitrogens with zero attached hydrogens (tertiary/aromatic N) is 8. The standard InChI is InChI=1S/C35H34ClF6N9O5/c1-18-14-33(7-9-49(10-8-33)31(55)25-27(53)29(44-17-43-25)48(2)16-34(37,38)39)24-26(18)50(15-23(52)45-22-4-3-20(13-21(22)36)35(40,41)42)32-46-28(47-51(32)30(24)54)19-5-11-56-12-6-19/h3-5,13,17-18,53H,6-12,14-16H2,1-2H3,(H,45,52). The molecule has 21 heteroatoms. The molecule has 5 heterocycles. The number of likely N-dealkylation sites (tertiary alicyclic amines) is 1. The number of aromatic hydroxyl groups is 1. The van der Waals surface area contributed by atoms with Gasteiger partial charge in [0.05, 0.1) is 29.5 Å². The number of piperidine rings is 1. The van der Waals surface area contributed by atoms with Crippen LogP contribution in [0.5, 0.6) is 5.75 Å². The van der Waals surface area contributed by atoms with E-state index < -0.39 is 71.1 Å². The SMILES string of the molecule is CC1CC2(CCN(C(=O)c3ncnc(N(C)CC(F)(F)F)c3O)CC2)c2c1n(CC(=O)Nc1ccc(C(F)(F)F)cc1Cl)c1nc(C3=CCOCC3)nn1c2=O. The van der Waals surface area contributed by atoms with E-state index in [1.165, 1.54) is 4.90 Å². The van der Waals surface area contributed by atoms with Crippen LogP contribution in [0.15, 0.2) is 35.4 Å². The van der Waals surface area contributed by atoms with Crippen molar-refractivity contribution in [2.45, 2.75) is 62.8 Å². The Morgan fingerprint density at radius 3 is 2.52 bits per heavy atom. The smallest absolute Gasteiger partial charge is 0.416 e. The zero-order valence-corrected chi connectivity index (χ0v) is 30.6. The molecule has 3 aromatic heterocycles. The number of ether oxygens (including phenoxy) is 1. The van der Waals surface area contributed by atoms with E-state index in [2.05, 4.69) is 25.4 Å². The number of amides is 2. The van der Waals surface area contributed by atoms with Gasteiger partial charge in [-0.15, -0.1) is 5.10 Å². The highest BCUT2D eigenvalue weighted by molar-refractivity contribution is 6.33. The molecule has 2 aliphatic heterocycles. The Labute approximate surface area is 318 Å². The lowest BCUT2D eigenvalue weighted by molar-refractivity contribution is -0.137. The number of alkyl halides is 6. The molecule has 1 spiro atoms. The Bertz CT molecular complexity index is 2320. The van der Waals surface area contributed by atoms with Crippen LogP contribution in [0.3, 0.4) is 0 Å². The molecule has 298 valence electrons. The van der Waals surface area contributed by atoms with Crippen LogP contribution >= 0.6 is 11.6 Å². The van der Waals surface area contributed by atoms with Crippen molar-refractivity contribution in [2.24, 2.45) is 0 Å². The second kappa shape index (κ2) is 14.4. The minimum absolute atomic E-state index is 0.0525. The van der Waals surface area contributed by atoms with Gasteiger partial charge >= 0.3 is 12.4 Å². The zero-order chi connectivity index (χ0) is 40.3. The largest absolute Gasteiger partial charge is 0.503 e. The minimum atomic E-state index is -4.65. The van der Waals surface area contributed by atoms with Crippen LogP contribution in [0.25, 0.3) is 11.4 Å². The topological polar surface area (TPSA) is 160 Å². The first-order valence-electron chi connectivity index (χ1n) is 17.5. The normalized spacial score (nSPS) is 18.3. The van der Waals surface area contributed by atoms with Crippen molar-refractivity contribution < 1.29 is 45.8 Å². The van der Waals surface area contributed by atoms with E-state index in [4.69, 9.17) is 16.3 Å². The second-order valence-electron chi connectivity index (χ2n) is 14.1. The molecule has 14 nitrogen and oxygen atoms in total. The molecule has 7 rings (SSSR count). The van der Waals surface area contributed by atoms with Crippen molar-refractivity contribution in [2.75, 3.05) is 50.1 Å². The number of carbonyl (C=O) groups excluding carboxylic acids is 2. The third kappa shape index (κ3) is 7.26. The van der Waals surface area contributed by atoms with E-state index in [9.17, 15) is 45.8 Å². The van der Waals surface area contributed by atoms with E-state index in [1.807, 2.05) is 6.92 Å². The Kier molecular flexibility index (Phi) is 10.0. The molecule has 56 heavy (non-hydrogen) atoms. The molecule has 3 aliphatic rings. The van der Waals surface area contributed by atoms with Gasteiger partial charge in [-0.2, -0.15) is 35.8 Å². The predicted molar refractivity (Wildman–Crippen MR) is 189 cm³/mol. The van der Waals surface area contributed by atoms with Gasteiger partial charge in [-0.25, -0.2) is 9.97 Å². The summed E-state index contributed by atoms with van der Waals surface area (Å²) in [6, 6.07) is 2.56. The van der Waals surface area contributed by atoms with Crippen molar-refractivity contribution in [3.05, 3.63) is 74.3 Å². The molecule has 1 aliphatic carbocycles. The average Bonchev–Trinajstić information content (AvgIpc) is 3.70. The molecular formula is C35H34ClF6N9O5. The molecular weight excluding hydrogens is 776 g/mol. The van der Waals surface area contributed by atoms with Crippen LogP contribution < -0.4 is 15.8 Å². The number of nitrogens with one attached hydrogen (secondary N) is 1. The fraction of sp³-hybridized carbons (Fsp3) is 0.457. The lowest BCUT2D eigenvalue weighted by Crippen LogP contribution is -2.47. The Morgan fingerprint density at radius 1 is 1.14 bits per heavy atom. The maximum absolute atomic E-state index is 14.5. The van der Waals surface area contributed by atoms with Crippen molar-refractivity contribution >= 4 is 46.3 Å². The summed E-state index contributed by atoms with van der Waals surface area (Å²) in [5.41, 5.74) is -1.14. The maximum atomic E-state index is 14.5. The van der Waals surface area contributed by atoms with Gasteiger partial charge in [-0.3, -0.25) is 14.4 Å². The lowest BCUT2D eigenvalue weighted by Gasteiger charge is -2.39. The van der Waals surface area contributed by atoms with Crippen LogP contribution in [0.4, 0.5) is 37.8 Å². The number of anilines is 2. The number of fused-ring (bicyclic) bond motifs is 3. The third-order valence-corrected chi connectivity index (χ3v) is 10.7. The summed E-state index contributed by atoms with van der Waals surface area (Å²) in [4.78, 5) is 56.1. The first kappa shape index (κ1) is 39.0. The highest BCUT2D eigenvalue weighted by Crippen LogP contribution is 2.50. The number of halogens is 7. The lowest BCUT2D eigenvalue weighted by atomic mass is 9.73. The predicted octanol–water partition coefficient (Wildman–Crippen LogP) is 5.18. The Morgan fingerprint density at radius 2 is 1.88 bits per heavy atom. The van der Waals surface area contributed by atoms with Crippen molar-refractivity contribution in [3.63, 3.8) is 0 Å². The van der Waals surface area contributed by atoms with Gasteiger partial charge in [0.15, 0.2) is 23.1 Å². The molecule has 0 saturated carbocycles. The summed E-state index contributed by atoms with van der Waals surface area (Å²) in [5.74, 6) is -2.63. The summed E-state index contributed by atoms with van der Waals surface area (Å²) in [5, 5.41) is 17.6. The van der Waals surface area contributed by atoms with Crippen LogP contribution in [0, 0.1) is 0 Å². The number of rotatable bonds is 7. The molecule has 0 radical (unpaired) electrons. The molecule has 4 aromatic rings. The van der Waals surface area contributed by atoms with Crippen LogP contribution in [0.1, 0.15) is 71.7 Å². The van der Waals surface area contributed by atoms with Gasteiger partial charge < -0.3 is 29.5 Å². The molecule has 1 saturated heterocycles. The summed E-state index contributed by atoms with van der Waals surface area (Å²) in [6.45, 7) is 0.945. The summed E-state index contributed by atoms with van der Waals surface area (Å²) < 4.78 is 87.0. The zero-order valence-electron chi connectivity index (χ0n) is 29.8. The van der Waals surface area contributed by atoms with E-state index in [0.717, 1.165) is 35.6 Å². The molecule has 1 fully saturated rings. The first-order valence-corrected chi connectivity index (χ1v) is 17.8. The van der Waals surface area contributed by atoms with Crippen LogP contribution in [-0.4, -0.2) is 97.0 Å². The highest BCUT2D eigenvalue weighted by atomic mass is 35.5. The highest BCUT2D eigenvalue weighted by Gasteiger charge is 2.49. The fourth-order valence-corrected chi connectivity index (χ4v) is 8.14. The van der Waals surface area contributed by atoms with E-state index >= 15 is 0 Å². The fourth-order valence-electron chi connectivity index (χ4n) is 7.91. The second-order valence-corrected chi connectivity index (χ2v) is 14.5. The van der Waals surface area contributed by atoms with Gasteiger partial charge in [0.1, 0.15) is 19.4 Å². The molecule has 2 amide bonds. The Hall–Kier alpha value is -5.24. The molecule has 0 bridgehead atoms. The van der Waals surface area contributed by atoms with Gasteiger partial charge in [-0.1, -0.05) is 24.6 Å². The first-order chi connectivity index (χ1) is 26.4. The summed E-state index contributed by atoms with van der Waals surface area (Å²) >= 11 is 6.13. The van der Waals surface area contributed by atoms with Crippen molar-refractivity contribution in [3.8, 4) is 5.75 Å². The van der Waals surface area contributed by atoms with E-state index in [1.54, 1.807) is 10.6 Å². The average molecular weight is 810 g/mol. The minimum Gasteiger partial charge on any atom is -0.503 e. The molecule has 1 aromatic carbocycles. The number of aromatic nitrogens is 6. The van der Waals surface area contributed by atoms with E-state index in [0.29, 0.717) is 48.3 Å². The Balaban J connectivity index is 1.22. The quantitative estimate of drug-likeness (QED) is 0.238. The van der Waals surface area contributed by atoms with Gasteiger partial charge in [0, 0.05) is 36.8 Å². The number of carbonyl (C=O) groups is 2. The molecule has 2 N–H and O–H groups in total. The number of benzene rings is 1. The number of hydrogen-bond donors (Lipinski definition) is 2. The molecule has 1 atom stereocenters. The summed E-state index contributed by atoms with van der Waals surface area (Å²) in [6.07, 6.45) is -5.11. The maximum Gasteiger partial charge on any atom is 0.416 e. The van der Waals surface area contributed by atoms with Crippen LogP contribution in [0.2, 0.25) is 5.02 Å². The van der Waals surface area contributed by atoms with Gasteiger partial charge in [0.2, 0.25) is 11.7 Å². The monoisotopic (exact) mass is 809 g/mol. The van der Waals surface area contributed by atoms with Crippen molar-refractivity contribution in [1.29, 1.82) is 0 Å². The van der Waals surface area contributed by atoms with Crippen molar-refractivity contribution in [1.82, 2.24) is 34.0 Å². The van der Waals surface area contributed by atoms with Gasteiger partial charge in [-0.05, 0) is 55.4 Å². The third-order valence-electron chi connectivity index (χ3n) is 10.4. The number of hydrogen-bond acceptors (Lipinski definition) is 10. The molecule has 1 unspecified atom stereocenters. The summed E-state index contributed by atoms with van der Waals surface area (Å²) in [7, 11) is 1.07.